The fourth-order valence-corrected chi connectivity index (χ4v) is 2.68. The molecule has 1 aliphatic carbocycles. The van der Waals surface area contributed by atoms with Crippen LogP contribution in [0.25, 0.3) is 0 Å². The van der Waals surface area contributed by atoms with Gasteiger partial charge in [-0.2, -0.15) is 0 Å². The minimum Gasteiger partial charge on any atom is -0.399 e. The molecule has 1 saturated carbocycles. The number of carbonyl (C=O) groups excluding carboxylic acids is 1. The molecule has 0 saturated heterocycles. The summed E-state index contributed by atoms with van der Waals surface area (Å²) in [6.07, 6.45) is 6.42. The predicted octanol–water partition coefficient (Wildman–Crippen LogP) is 2.97. The highest BCUT2D eigenvalue weighted by atomic mass is 16.1. The van der Waals surface area contributed by atoms with Crippen molar-refractivity contribution in [2.24, 2.45) is 5.92 Å². The van der Waals surface area contributed by atoms with Crippen LogP contribution in [0.5, 0.6) is 0 Å². The van der Waals surface area contributed by atoms with Gasteiger partial charge in [0.05, 0.1) is 0 Å². The Morgan fingerprint density at radius 2 is 1.83 bits per heavy atom. The molecule has 3 nitrogen and oxygen atoms in total. The third-order valence-electron chi connectivity index (χ3n) is 3.89. The highest BCUT2D eigenvalue weighted by Crippen LogP contribution is 2.26. The van der Waals surface area contributed by atoms with Gasteiger partial charge in [0.1, 0.15) is 0 Å². The van der Waals surface area contributed by atoms with E-state index in [9.17, 15) is 4.79 Å². The van der Waals surface area contributed by atoms with E-state index in [2.05, 4.69) is 12.2 Å². The summed E-state index contributed by atoms with van der Waals surface area (Å²) in [5.74, 6) is 0.643. The lowest BCUT2D eigenvalue weighted by Crippen LogP contribution is -2.38. The van der Waals surface area contributed by atoms with E-state index in [0.29, 0.717) is 17.2 Å². The van der Waals surface area contributed by atoms with Crippen LogP contribution in [0.3, 0.4) is 0 Å². The Bertz CT molecular complexity index is 393. The van der Waals surface area contributed by atoms with Gasteiger partial charge in [-0.3, -0.25) is 4.79 Å². The molecule has 18 heavy (non-hydrogen) atoms. The first-order valence-electron chi connectivity index (χ1n) is 6.83. The standard InChI is InChI=1S/C15H22N2O/c1-11(12-5-3-2-4-6-12)17-15(18)13-7-9-14(16)10-8-13/h7-12H,2-6,16H2,1H3,(H,17,18). The molecular formula is C15H22N2O. The van der Waals surface area contributed by atoms with E-state index in [1.165, 1.54) is 32.1 Å². The van der Waals surface area contributed by atoms with Crippen molar-refractivity contribution in [2.45, 2.75) is 45.1 Å². The smallest absolute Gasteiger partial charge is 0.251 e. The maximum absolute atomic E-state index is 12.1. The number of nitrogens with one attached hydrogen (secondary N) is 1. The number of hydrogen-bond donors (Lipinski definition) is 2. The van der Waals surface area contributed by atoms with E-state index in [-0.39, 0.29) is 11.9 Å². The van der Waals surface area contributed by atoms with Crippen molar-refractivity contribution in [1.29, 1.82) is 0 Å². The minimum absolute atomic E-state index is 0.00748. The lowest BCUT2D eigenvalue weighted by molar-refractivity contribution is 0.0919. The highest BCUT2D eigenvalue weighted by Gasteiger charge is 2.21. The predicted molar refractivity (Wildman–Crippen MR) is 74.4 cm³/mol. The fraction of sp³-hybridized carbons (Fsp3) is 0.533. The number of nitrogens with two attached hydrogens (primary N) is 1. The zero-order chi connectivity index (χ0) is 13.0. The van der Waals surface area contributed by atoms with Crippen molar-refractivity contribution in [3.63, 3.8) is 0 Å². The highest BCUT2D eigenvalue weighted by molar-refractivity contribution is 5.94. The molecule has 1 fully saturated rings. The summed E-state index contributed by atoms with van der Waals surface area (Å²) in [4.78, 5) is 12.1. The van der Waals surface area contributed by atoms with Crippen LogP contribution in [-0.2, 0) is 0 Å². The average molecular weight is 246 g/mol. The zero-order valence-electron chi connectivity index (χ0n) is 11.0. The Hall–Kier alpha value is -1.51. The van der Waals surface area contributed by atoms with Crippen LogP contribution in [0.4, 0.5) is 5.69 Å². The number of rotatable bonds is 3. The number of amides is 1. The second kappa shape index (κ2) is 5.89. The number of carbonyl (C=O) groups is 1. The molecule has 3 N–H and O–H groups in total. The summed E-state index contributed by atoms with van der Waals surface area (Å²) in [5, 5.41) is 3.11. The summed E-state index contributed by atoms with van der Waals surface area (Å²) >= 11 is 0. The quantitative estimate of drug-likeness (QED) is 0.806. The first-order valence-corrected chi connectivity index (χ1v) is 6.83. The average Bonchev–Trinajstić information content (AvgIpc) is 2.40. The molecule has 0 bridgehead atoms. The van der Waals surface area contributed by atoms with Gasteiger partial charge in [0.2, 0.25) is 0 Å². The SMILES string of the molecule is CC(NC(=O)c1ccc(N)cc1)C1CCCCC1. The normalized spacial score (nSPS) is 18.3. The Morgan fingerprint density at radius 1 is 1.22 bits per heavy atom. The van der Waals surface area contributed by atoms with Crippen LogP contribution >= 0.6 is 0 Å². The third-order valence-corrected chi connectivity index (χ3v) is 3.89. The van der Waals surface area contributed by atoms with Crippen LogP contribution < -0.4 is 11.1 Å². The second-order valence-corrected chi connectivity index (χ2v) is 5.28. The molecule has 98 valence electrons. The molecule has 0 radical (unpaired) electrons. The summed E-state index contributed by atoms with van der Waals surface area (Å²) < 4.78 is 0. The topological polar surface area (TPSA) is 55.1 Å². The summed E-state index contributed by atoms with van der Waals surface area (Å²) in [7, 11) is 0. The van der Waals surface area contributed by atoms with Gasteiger partial charge >= 0.3 is 0 Å². The van der Waals surface area contributed by atoms with Crippen LogP contribution in [0.2, 0.25) is 0 Å². The van der Waals surface area contributed by atoms with Gasteiger partial charge in [-0.1, -0.05) is 19.3 Å². The summed E-state index contributed by atoms with van der Waals surface area (Å²) in [6.45, 7) is 2.12. The first kappa shape index (κ1) is 12.9. The molecule has 1 aromatic carbocycles. The van der Waals surface area contributed by atoms with E-state index in [1.807, 2.05) is 0 Å². The van der Waals surface area contributed by atoms with E-state index in [4.69, 9.17) is 5.73 Å². The minimum atomic E-state index is 0.00748. The Labute approximate surface area is 109 Å². The van der Waals surface area contributed by atoms with Gasteiger partial charge < -0.3 is 11.1 Å². The molecule has 1 aliphatic rings. The van der Waals surface area contributed by atoms with E-state index in [1.54, 1.807) is 24.3 Å². The van der Waals surface area contributed by atoms with Gasteiger partial charge in [0.15, 0.2) is 0 Å². The number of anilines is 1. The van der Waals surface area contributed by atoms with Gasteiger partial charge in [-0.05, 0) is 49.9 Å². The molecule has 1 unspecified atom stereocenters. The molecule has 1 atom stereocenters. The maximum Gasteiger partial charge on any atom is 0.251 e. The molecule has 1 aromatic rings. The Balaban J connectivity index is 1.91. The van der Waals surface area contributed by atoms with Gasteiger partial charge in [0, 0.05) is 17.3 Å². The van der Waals surface area contributed by atoms with Crippen molar-refractivity contribution in [3.05, 3.63) is 29.8 Å². The largest absolute Gasteiger partial charge is 0.399 e. The molecule has 0 aromatic heterocycles. The third kappa shape index (κ3) is 3.25. The van der Waals surface area contributed by atoms with Crippen LogP contribution in [0.1, 0.15) is 49.4 Å². The first-order chi connectivity index (χ1) is 8.66. The molecule has 2 rings (SSSR count). The van der Waals surface area contributed by atoms with Gasteiger partial charge in [-0.15, -0.1) is 0 Å². The maximum atomic E-state index is 12.1. The monoisotopic (exact) mass is 246 g/mol. The Morgan fingerprint density at radius 3 is 2.44 bits per heavy atom. The van der Waals surface area contributed by atoms with Crippen molar-refractivity contribution in [1.82, 2.24) is 5.32 Å². The van der Waals surface area contributed by atoms with Crippen molar-refractivity contribution < 1.29 is 4.79 Å². The summed E-state index contributed by atoms with van der Waals surface area (Å²) in [6, 6.07) is 7.34. The van der Waals surface area contributed by atoms with Crippen LogP contribution in [-0.4, -0.2) is 11.9 Å². The van der Waals surface area contributed by atoms with Gasteiger partial charge in [-0.25, -0.2) is 0 Å². The van der Waals surface area contributed by atoms with E-state index < -0.39 is 0 Å². The van der Waals surface area contributed by atoms with E-state index >= 15 is 0 Å². The second-order valence-electron chi connectivity index (χ2n) is 5.28. The molecule has 3 heteroatoms. The fourth-order valence-electron chi connectivity index (χ4n) is 2.68. The molecular weight excluding hydrogens is 224 g/mol. The van der Waals surface area contributed by atoms with Crippen molar-refractivity contribution in [3.8, 4) is 0 Å². The number of benzene rings is 1. The van der Waals surface area contributed by atoms with E-state index in [0.717, 1.165) is 0 Å². The van der Waals surface area contributed by atoms with Crippen molar-refractivity contribution in [2.75, 3.05) is 5.73 Å². The number of nitrogen functional groups attached to an aromatic ring is 1. The lowest BCUT2D eigenvalue weighted by Gasteiger charge is -2.28. The molecule has 1 amide bonds. The summed E-state index contributed by atoms with van der Waals surface area (Å²) in [5.41, 5.74) is 6.99. The molecule has 0 aliphatic heterocycles. The van der Waals surface area contributed by atoms with Crippen LogP contribution in [0.15, 0.2) is 24.3 Å². The van der Waals surface area contributed by atoms with Gasteiger partial charge in [0.25, 0.3) is 5.91 Å². The van der Waals surface area contributed by atoms with Crippen molar-refractivity contribution >= 4 is 11.6 Å². The Kier molecular flexibility index (Phi) is 4.24. The lowest BCUT2D eigenvalue weighted by atomic mass is 9.84. The molecule has 0 heterocycles. The van der Waals surface area contributed by atoms with Crippen LogP contribution in [0, 0.1) is 5.92 Å². The zero-order valence-corrected chi connectivity index (χ0v) is 11.0. The molecule has 0 spiro atoms. The number of hydrogen-bond acceptors (Lipinski definition) is 2.